The molecule has 1 N–H and O–H groups in total. The topological polar surface area (TPSA) is 52.7 Å². The van der Waals surface area contributed by atoms with Gasteiger partial charge in [0.15, 0.2) is 0 Å². The zero-order chi connectivity index (χ0) is 19.8. The first-order chi connectivity index (χ1) is 13.6. The van der Waals surface area contributed by atoms with Crippen LogP contribution in [0.25, 0.3) is 0 Å². The number of hydrogen-bond donors (Lipinski definition) is 1. The smallest absolute Gasteiger partial charge is 0.252 e. The van der Waals surface area contributed by atoms with Crippen LogP contribution in [0.3, 0.4) is 0 Å². The van der Waals surface area contributed by atoms with Crippen LogP contribution in [0.5, 0.6) is 0 Å². The fraction of sp³-hybridized carbons (Fsp3) is 0.429. The van der Waals surface area contributed by atoms with E-state index in [9.17, 15) is 9.59 Å². The first-order valence-corrected chi connectivity index (χ1v) is 11.0. The van der Waals surface area contributed by atoms with Gasteiger partial charge in [-0.15, -0.1) is 0 Å². The van der Waals surface area contributed by atoms with E-state index in [-0.39, 0.29) is 11.8 Å². The molecule has 0 radical (unpaired) electrons. The monoisotopic (exact) mass is 419 g/mol. The van der Waals surface area contributed by atoms with Gasteiger partial charge in [0.1, 0.15) is 0 Å². The molecule has 0 aliphatic carbocycles. The highest BCUT2D eigenvalue weighted by molar-refractivity contribution is 7.08. The first-order valence-electron chi connectivity index (χ1n) is 9.67. The zero-order valence-corrected chi connectivity index (χ0v) is 17.5. The molecular formula is C21H26ClN3O2S. The molecule has 2 heterocycles. The Kier molecular flexibility index (Phi) is 7.89. The van der Waals surface area contributed by atoms with Gasteiger partial charge in [0.25, 0.3) is 5.91 Å². The molecule has 1 aromatic heterocycles. The van der Waals surface area contributed by atoms with Gasteiger partial charge in [0.2, 0.25) is 5.91 Å². The molecule has 1 aromatic carbocycles. The number of benzene rings is 1. The Labute approximate surface area is 175 Å². The summed E-state index contributed by atoms with van der Waals surface area (Å²) in [5, 5.41) is 7.34. The largest absolute Gasteiger partial charge is 0.352 e. The van der Waals surface area contributed by atoms with Crippen molar-refractivity contribution in [2.45, 2.75) is 25.8 Å². The molecule has 150 valence electrons. The van der Waals surface area contributed by atoms with E-state index >= 15 is 0 Å². The van der Waals surface area contributed by atoms with Crippen molar-refractivity contribution < 1.29 is 9.59 Å². The normalized spacial score (nSPS) is 15.2. The van der Waals surface area contributed by atoms with Gasteiger partial charge in [0, 0.05) is 61.7 Å². The first kappa shape index (κ1) is 20.8. The van der Waals surface area contributed by atoms with E-state index in [1.807, 2.05) is 27.8 Å². The molecule has 1 saturated heterocycles. The minimum atomic E-state index is -0.0682. The van der Waals surface area contributed by atoms with E-state index in [4.69, 9.17) is 11.6 Å². The summed E-state index contributed by atoms with van der Waals surface area (Å²) in [6.07, 6.45) is 2.12. The van der Waals surface area contributed by atoms with E-state index < -0.39 is 0 Å². The second-order valence-corrected chi connectivity index (χ2v) is 8.22. The summed E-state index contributed by atoms with van der Waals surface area (Å²) >= 11 is 7.45. The minimum absolute atomic E-state index is 0.0682. The van der Waals surface area contributed by atoms with E-state index in [0.717, 1.165) is 44.2 Å². The van der Waals surface area contributed by atoms with Crippen molar-refractivity contribution in [2.24, 2.45) is 0 Å². The molecule has 28 heavy (non-hydrogen) atoms. The van der Waals surface area contributed by atoms with E-state index in [1.165, 1.54) is 16.9 Å². The van der Waals surface area contributed by atoms with Gasteiger partial charge in [-0.1, -0.05) is 23.7 Å². The summed E-state index contributed by atoms with van der Waals surface area (Å²) < 4.78 is 0. The van der Waals surface area contributed by atoms with Gasteiger partial charge >= 0.3 is 0 Å². The third-order valence-electron chi connectivity index (χ3n) is 4.90. The lowest BCUT2D eigenvalue weighted by atomic mass is 10.2. The number of carbonyl (C=O) groups excluding carboxylic acids is 2. The molecule has 1 aliphatic heterocycles. The zero-order valence-electron chi connectivity index (χ0n) is 15.9. The van der Waals surface area contributed by atoms with Gasteiger partial charge in [-0.3, -0.25) is 14.5 Å². The minimum Gasteiger partial charge on any atom is -0.352 e. The van der Waals surface area contributed by atoms with Crippen molar-refractivity contribution in [3.05, 3.63) is 57.2 Å². The van der Waals surface area contributed by atoms with Crippen LogP contribution >= 0.6 is 22.9 Å². The lowest BCUT2D eigenvalue weighted by Gasteiger charge is -2.22. The standard InChI is InChI=1S/C21H26ClN3O2S/c22-19-6-4-17(5-7-19)15-24-10-2-11-25(13-12-24)20(26)3-1-9-23-21(27)18-8-14-28-16-18/h4-8,14,16H,1-3,9-13,15H2,(H,23,27). The number of amides is 2. The molecule has 1 fully saturated rings. The average Bonchev–Trinajstić information content (AvgIpc) is 3.14. The fourth-order valence-electron chi connectivity index (χ4n) is 3.32. The number of rotatable bonds is 7. The second-order valence-electron chi connectivity index (χ2n) is 7.01. The third kappa shape index (κ3) is 6.33. The second kappa shape index (κ2) is 10.6. The number of nitrogens with one attached hydrogen (secondary N) is 1. The number of thiophene rings is 1. The number of nitrogens with zero attached hydrogens (tertiary/aromatic N) is 2. The highest BCUT2D eigenvalue weighted by Crippen LogP contribution is 2.13. The van der Waals surface area contributed by atoms with Crippen molar-refractivity contribution in [1.82, 2.24) is 15.1 Å². The van der Waals surface area contributed by atoms with Crippen LogP contribution in [0.1, 0.15) is 35.2 Å². The molecule has 0 unspecified atom stereocenters. The predicted molar refractivity (Wildman–Crippen MR) is 114 cm³/mol. The molecule has 3 rings (SSSR count). The van der Waals surface area contributed by atoms with Gasteiger partial charge in [-0.05, 0) is 42.0 Å². The van der Waals surface area contributed by atoms with E-state index in [2.05, 4.69) is 22.3 Å². The molecule has 1 aliphatic rings. The van der Waals surface area contributed by atoms with Crippen LogP contribution in [0, 0.1) is 0 Å². The van der Waals surface area contributed by atoms with Crippen LogP contribution in [-0.2, 0) is 11.3 Å². The van der Waals surface area contributed by atoms with Crippen molar-refractivity contribution >= 4 is 34.8 Å². The summed E-state index contributed by atoms with van der Waals surface area (Å²) in [7, 11) is 0. The number of hydrogen-bond acceptors (Lipinski definition) is 4. The summed E-state index contributed by atoms with van der Waals surface area (Å²) in [5.74, 6) is 0.111. The Morgan fingerprint density at radius 3 is 2.64 bits per heavy atom. The Hall–Kier alpha value is -1.89. The SMILES string of the molecule is O=C(NCCCC(=O)N1CCCN(Cc2ccc(Cl)cc2)CC1)c1ccsc1. The van der Waals surface area contributed by atoms with Crippen LogP contribution in [-0.4, -0.2) is 54.3 Å². The average molecular weight is 420 g/mol. The number of halogens is 1. The van der Waals surface area contributed by atoms with E-state index in [0.29, 0.717) is 24.9 Å². The maximum Gasteiger partial charge on any atom is 0.252 e. The summed E-state index contributed by atoms with van der Waals surface area (Å²) in [4.78, 5) is 28.7. The maximum absolute atomic E-state index is 12.5. The van der Waals surface area contributed by atoms with Crippen molar-refractivity contribution in [3.8, 4) is 0 Å². The summed E-state index contributed by atoms with van der Waals surface area (Å²) in [6, 6.07) is 9.75. The van der Waals surface area contributed by atoms with Crippen LogP contribution in [0.4, 0.5) is 0 Å². The molecular weight excluding hydrogens is 394 g/mol. The van der Waals surface area contributed by atoms with Gasteiger partial charge < -0.3 is 10.2 Å². The van der Waals surface area contributed by atoms with Crippen molar-refractivity contribution in [3.63, 3.8) is 0 Å². The third-order valence-corrected chi connectivity index (χ3v) is 5.83. The summed E-state index contributed by atoms with van der Waals surface area (Å²) in [6.45, 7) is 4.84. The van der Waals surface area contributed by atoms with Gasteiger partial charge in [0.05, 0.1) is 0 Å². The van der Waals surface area contributed by atoms with Crippen molar-refractivity contribution in [1.29, 1.82) is 0 Å². The Morgan fingerprint density at radius 1 is 1.07 bits per heavy atom. The van der Waals surface area contributed by atoms with E-state index in [1.54, 1.807) is 6.07 Å². The molecule has 0 saturated carbocycles. The van der Waals surface area contributed by atoms with Crippen LogP contribution in [0.2, 0.25) is 5.02 Å². The molecule has 7 heteroatoms. The molecule has 0 atom stereocenters. The van der Waals surface area contributed by atoms with Crippen LogP contribution in [0.15, 0.2) is 41.1 Å². The van der Waals surface area contributed by atoms with Gasteiger partial charge in [-0.25, -0.2) is 0 Å². The summed E-state index contributed by atoms with van der Waals surface area (Å²) in [5.41, 5.74) is 1.93. The van der Waals surface area contributed by atoms with Crippen molar-refractivity contribution in [2.75, 3.05) is 32.7 Å². The predicted octanol–water partition coefficient (Wildman–Crippen LogP) is 3.65. The maximum atomic E-state index is 12.5. The van der Waals surface area contributed by atoms with Crippen LogP contribution < -0.4 is 5.32 Å². The highest BCUT2D eigenvalue weighted by Gasteiger charge is 2.19. The number of carbonyl (C=O) groups is 2. The Morgan fingerprint density at radius 2 is 1.89 bits per heavy atom. The lowest BCUT2D eigenvalue weighted by Crippen LogP contribution is -2.35. The molecule has 2 aromatic rings. The van der Waals surface area contributed by atoms with Gasteiger partial charge in [-0.2, -0.15) is 11.3 Å². The highest BCUT2D eigenvalue weighted by atomic mass is 35.5. The molecule has 5 nitrogen and oxygen atoms in total. The lowest BCUT2D eigenvalue weighted by molar-refractivity contribution is -0.131. The molecule has 2 amide bonds. The Balaban J connectivity index is 1.36. The molecule has 0 spiro atoms. The fourth-order valence-corrected chi connectivity index (χ4v) is 4.08. The Bertz CT molecular complexity index is 764. The molecule has 0 bridgehead atoms. The quantitative estimate of drug-likeness (QED) is 0.697.